The fourth-order valence-corrected chi connectivity index (χ4v) is 1.07. The first kappa shape index (κ1) is 11.6. The van der Waals surface area contributed by atoms with Gasteiger partial charge in [-0.05, 0) is 5.56 Å². The highest BCUT2D eigenvalue weighted by molar-refractivity contribution is 5.32. The van der Waals surface area contributed by atoms with Gasteiger partial charge in [0, 0.05) is 6.42 Å². The fraction of sp³-hybridized carbons (Fsp3) is 0.364. The maximum atomic E-state index is 9.75. The van der Waals surface area contributed by atoms with E-state index in [0.29, 0.717) is 13.0 Å². The van der Waals surface area contributed by atoms with Crippen molar-refractivity contribution in [2.24, 2.45) is 4.99 Å². The molecule has 1 atom stereocenters. The third-order valence-electron chi connectivity index (χ3n) is 1.84. The molecule has 0 spiro atoms. The number of rotatable bonds is 6. The SMILES string of the molecule is O=C=NCCC(O)OCc1ccccc1. The minimum Gasteiger partial charge on any atom is -0.368 e. The van der Waals surface area contributed by atoms with Crippen molar-refractivity contribution < 1.29 is 14.6 Å². The van der Waals surface area contributed by atoms with E-state index in [1.807, 2.05) is 30.3 Å². The van der Waals surface area contributed by atoms with E-state index in [1.54, 1.807) is 0 Å². The zero-order valence-electron chi connectivity index (χ0n) is 8.30. The number of aliphatic hydroxyl groups is 1. The van der Waals surface area contributed by atoms with E-state index in [-0.39, 0.29) is 6.54 Å². The van der Waals surface area contributed by atoms with Gasteiger partial charge in [0.1, 0.15) is 0 Å². The molecule has 1 N–H and O–H groups in total. The lowest BCUT2D eigenvalue weighted by Gasteiger charge is -2.10. The zero-order chi connectivity index (χ0) is 10.9. The molecule has 0 radical (unpaired) electrons. The van der Waals surface area contributed by atoms with Crippen LogP contribution in [0.15, 0.2) is 35.3 Å². The van der Waals surface area contributed by atoms with Gasteiger partial charge in [0.05, 0.1) is 13.2 Å². The lowest BCUT2D eigenvalue weighted by molar-refractivity contribution is -0.110. The molecule has 1 rings (SSSR count). The molecule has 0 aromatic heterocycles. The standard InChI is InChI=1S/C11H13NO3/c13-9-12-7-6-11(14)15-8-10-4-2-1-3-5-10/h1-5,11,14H,6-8H2. The van der Waals surface area contributed by atoms with Gasteiger partial charge in [-0.2, -0.15) is 0 Å². The van der Waals surface area contributed by atoms with Crippen LogP contribution < -0.4 is 0 Å². The fourth-order valence-electron chi connectivity index (χ4n) is 1.07. The molecule has 1 aromatic rings. The normalized spacial score (nSPS) is 11.8. The highest BCUT2D eigenvalue weighted by Gasteiger charge is 2.03. The van der Waals surface area contributed by atoms with Crippen molar-refractivity contribution in [1.29, 1.82) is 0 Å². The van der Waals surface area contributed by atoms with Gasteiger partial charge in [-0.15, -0.1) is 0 Å². The van der Waals surface area contributed by atoms with Crippen LogP contribution in [0.4, 0.5) is 0 Å². The Bertz CT molecular complexity index is 320. The van der Waals surface area contributed by atoms with E-state index in [9.17, 15) is 9.90 Å². The maximum absolute atomic E-state index is 9.75. The Morgan fingerprint density at radius 3 is 2.80 bits per heavy atom. The summed E-state index contributed by atoms with van der Waals surface area (Å²) in [7, 11) is 0. The third kappa shape index (κ3) is 5.08. The molecule has 80 valence electrons. The number of isocyanates is 1. The second kappa shape index (κ2) is 6.90. The first-order chi connectivity index (χ1) is 7.33. The predicted molar refractivity (Wildman–Crippen MR) is 54.8 cm³/mol. The largest absolute Gasteiger partial charge is 0.368 e. The van der Waals surface area contributed by atoms with Gasteiger partial charge in [-0.1, -0.05) is 30.3 Å². The number of hydrogen-bond acceptors (Lipinski definition) is 4. The lowest BCUT2D eigenvalue weighted by atomic mass is 10.2. The molecule has 0 amide bonds. The van der Waals surface area contributed by atoms with E-state index in [2.05, 4.69) is 4.99 Å². The second-order valence-electron chi connectivity index (χ2n) is 3.01. The van der Waals surface area contributed by atoms with Crippen LogP contribution in [0, 0.1) is 0 Å². The summed E-state index contributed by atoms with van der Waals surface area (Å²) in [5.74, 6) is 0. The molecule has 0 aliphatic rings. The average molecular weight is 207 g/mol. The quantitative estimate of drug-likeness (QED) is 0.434. The van der Waals surface area contributed by atoms with Crippen molar-refractivity contribution >= 4 is 6.08 Å². The first-order valence-electron chi connectivity index (χ1n) is 4.70. The minimum atomic E-state index is -0.887. The van der Waals surface area contributed by atoms with Crippen molar-refractivity contribution in [3.05, 3.63) is 35.9 Å². The van der Waals surface area contributed by atoms with Crippen molar-refractivity contribution in [1.82, 2.24) is 0 Å². The van der Waals surface area contributed by atoms with Gasteiger partial charge in [-0.3, -0.25) is 0 Å². The van der Waals surface area contributed by atoms with Gasteiger partial charge in [-0.25, -0.2) is 9.79 Å². The monoisotopic (exact) mass is 207 g/mol. The van der Waals surface area contributed by atoms with Crippen LogP contribution in [0.2, 0.25) is 0 Å². The molecule has 4 nitrogen and oxygen atoms in total. The molecule has 0 saturated carbocycles. The summed E-state index contributed by atoms with van der Waals surface area (Å²) in [6, 6.07) is 9.55. The number of aliphatic hydroxyl groups excluding tert-OH is 1. The Balaban J connectivity index is 2.22. The number of benzene rings is 1. The van der Waals surface area contributed by atoms with Crippen LogP contribution >= 0.6 is 0 Å². The van der Waals surface area contributed by atoms with E-state index in [4.69, 9.17) is 4.74 Å². The summed E-state index contributed by atoms with van der Waals surface area (Å²) in [6.07, 6.45) is 0.826. The number of carbonyl (C=O) groups excluding carboxylic acids is 1. The van der Waals surface area contributed by atoms with Crippen LogP contribution in [0.5, 0.6) is 0 Å². The Kier molecular flexibility index (Phi) is 5.33. The molecule has 0 aliphatic heterocycles. The predicted octanol–water partition coefficient (Wildman–Crippen LogP) is 1.25. The Morgan fingerprint density at radius 2 is 2.13 bits per heavy atom. The van der Waals surface area contributed by atoms with E-state index >= 15 is 0 Å². The number of ether oxygens (including phenoxy) is 1. The van der Waals surface area contributed by atoms with E-state index in [1.165, 1.54) is 6.08 Å². The number of aliphatic imine (C=N–C) groups is 1. The molecule has 0 aliphatic carbocycles. The molecule has 1 aromatic carbocycles. The van der Waals surface area contributed by atoms with Gasteiger partial charge < -0.3 is 9.84 Å². The number of nitrogens with zero attached hydrogens (tertiary/aromatic N) is 1. The van der Waals surface area contributed by atoms with Crippen LogP contribution in [0.25, 0.3) is 0 Å². The highest BCUT2D eigenvalue weighted by atomic mass is 16.6. The van der Waals surface area contributed by atoms with Gasteiger partial charge >= 0.3 is 0 Å². The van der Waals surface area contributed by atoms with Gasteiger partial charge in [0.25, 0.3) is 0 Å². The summed E-state index contributed by atoms with van der Waals surface area (Å²) < 4.78 is 5.14. The van der Waals surface area contributed by atoms with Crippen molar-refractivity contribution in [2.45, 2.75) is 19.3 Å². The molecule has 1 unspecified atom stereocenters. The minimum absolute atomic E-state index is 0.236. The molecular formula is C11H13NO3. The molecule has 0 saturated heterocycles. The Hall–Kier alpha value is -1.48. The second-order valence-corrected chi connectivity index (χ2v) is 3.01. The van der Waals surface area contributed by atoms with E-state index in [0.717, 1.165) is 5.56 Å². The number of hydrogen-bond donors (Lipinski definition) is 1. The summed E-state index contributed by atoms with van der Waals surface area (Å²) >= 11 is 0. The van der Waals surface area contributed by atoms with Crippen LogP contribution in [0.1, 0.15) is 12.0 Å². The maximum Gasteiger partial charge on any atom is 0.234 e. The van der Waals surface area contributed by atoms with Crippen LogP contribution in [-0.2, 0) is 16.1 Å². The molecule has 0 fully saturated rings. The zero-order valence-corrected chi connectivity index (χ0v) is 8.30. The van der Waals surface area contributed by atoms with Crippen LogP contribution in [-0.4, -0.2) is 24.0 Å². The molecule has 0 bridgehead atoms. The van der Waals surface area contributed by atoms with Crippen molar-refractivity contribution in [2.75, 3.05) is 6.54 Å². The summed E-state index contributed by atoms with van der Waals surface area (Å²) in [4.78, 5) is 13.1. The highest BCUT2D eigenvalue weighted by Crippen LogP contribution is 2.03. The van der Waals surface area contributed by atoms with Crippen molar-refractivity contribution in [3.63, 3.8) is 0 Å². The lowest BCUT2D eigenvalue weighted by Crippen LogP contribution is -2.12. The van der Waals surface area contributed by atoms with Crippen molar-refractivity contribution in [3.8, 4) is 0 Å². The topological polar surface area (TPSA) is 58.9 Å². The Labute approximate surface area is 88.2 Å². The molecular weight excluding hydrogens is 194 g/mol. The Morgan fingerprint density at radius 1 is 1.40 bits per heavy atom. The summed E-state index contributed by atoms with van der Waals surface area (Å²) in [6.45, 7) is 0.590. The first-order valence-corrected chi connectivity index (χ1v) is 4.70. The summed E-state index contributed by atoms with van der Waals surface area (Å²) in [5.41, 5.74) is 0.996. The van der Waals surface area contributed by atoms with Gasteiger partial charge in [0.2, 0.25) is 6.08 Å². The van der Waals surface area contributed by atoms with E-state index < -0.39 is 6.29 Å². The van der Waals surface area contributed by atoms with Crippen LogP contribution in [0.3, 0.4) is 0 Å². The smallest absolute Gasteiger partial charge is 0.234 e. The molecule has 0 heterocycles. The summed E-state index contributed by atoms with van der Waals surface area (Å²) in [5, 5.41) is 9.33. The molecule has 15 heavy (non-hydrogen) atoms. The third-order valence-corrected chi connectivity index (χ3v) is 1.84. The molecule has 4 heteroatoms. The average Bonchev–Trinajstić information content (AvgIpc) is 2.28. The van der Waals surface area contributed by atoms with Gasteiger partial charge in [0.15, 0.2) is 6.29 Å².